The summed E-state index contributed by atoms with van der Waals surface area (Å²) in [6.07, 6.45) is 1.59. The third-order valence-corrected chi connectivity index (χ3v) is 5.31. The molecule has 5 nitrogen and oxygen atoms in total. The molecule has 0 spiro atoms. The van der Waals surface area contributed by atoms with Gasteiger partial charge in [0, 0.05) is 19.1 Å². The number of aromatic nitrogens is 2. The molecule has 1 aliphatic heterocycles. The van der Waals surface area contributed by atoms with Gasteiger partial charge in [-0.05, 0) is 72.4 Å². The number of hydrogen-bond acceptors (Lipinski definition) is 3. The molecule has 1 aliphatic rings. The van der Waals surface area contributed by atoms with Crippen LogP contribution in [0.3, 0.4) is 0 Å². The lowest BCUT2D eigenvalue weighted by atomic mass is 10.1. The number of carbonyl (C=O) groups excluding carboxylic acids is 1. The van der Waals surface area contributed by atoms with Gasteiger partial charge in [0.2, 0.25) is 0 Å². The van der Waals surface area contributed by atoms with Crippen molar-refractivity contribution in [1.82, 2.24) is 14.5 Å². The largest absolute Gasteiger partial charge is 0.444 e. The molecule has 0 atom stereocenters. The Kier molecular flexibility index (Phi) is 5.03. The Hall–Kier alpha value is -0.560. The van der Waals surface area contributed by atoms with Gasteiger partial charge >= 0.3 is 6.09 Å². The third kappa shape index (κ3) is 4.00. The molecule has 0 unspecified atom stereocenters. The van der Waals surface area contributed by atoms with Gasteiger partial charge in [0.1, 0.15) is 20.6 Å². The van der Waals surface area contributed by atoms with Crippen LogP contribution in [0.5, 0.6) is 0 Å². The maximum atomic E-state index is 12.1. The molecule has 0 bridgehead atoms. The van der Waals surface area contributed by atoms with Gasteiger partial charge in [-0.2, -0.15) is 0 Å². The minimum atomic E-state index is -0.442. The lowest BCUT2D eigenvalue weighted by Gasteiger charge is -2.34. The second-order valence-corrected chi connectivity index (χ2v) is 7.81. The summed E-state index contributed by atoms with van der Waals surface area (Å²) >= 11 is 7.01. The minimum absolute atomic E-state index is 0.219. The van der Waals surface area contributed by atoms with Crippen molar-refractivity contribution >= 4 is 38.0 Å². The minimum Gasteiger partial charge on any atom is -0.444 e. The van der Waals surface area contributed by atoms with Crippen LogP contribution >= 0.6 is 31.9 Å². The van der Waals surface area contributed by atoms with E-state index in [0.717, 1.165) is 27.9 Å². The van der Waals surface area contributed by atoms with Crippen molar-refractivity contribution in [3.8, 4) is 0 Å². The Morgan fingerprint density at radius 2 is 1.86 bits per heavy atom. The van der Waals surface area contributed by atoms with Gasteiger partial charge in [0.15, 0.2) is 0 Å². The molecule has 1 saturated heterocycles. The van der Waals surface area contributed by atoms with E-state index in [0.29, 0.717) is 19.1 Å². The van der Waals surface area contributed by atoms with E-state index in [1.807, 2.05) is 27.7 Å². The van der Waals surface area contributed by atoms with Gasteiger partial charge in [-0.25, -0.2) is 9.78 Å². The van der Waals surface area contributed by atoms with Crippen molar-refractivity contribution in [2.45, 2.75) is 52.2 Å². The fourth-order valence-electron chi connectivity index (χ4n) is 2.54. The van der Waals surface area contributed by atoms with Crippen LogP contribution in [0.15, 0.2) is 9.21 Å². The van der Waals surface area contributed by atoms with Crippen LogP contribution < -0.4 is 0 Å². The van der Waals surface area contributed by atoms with Gasteiger partial charge in [-0.1, -0.05) is 0 Å². The summed E-state index contributed by atoms with van der Waals surface area (Å²) in [6, 6.07) is 0.358. The number of nitrogens with zero attached hydrogens (tertiary/aromatic N) is 3. The van der Waals surface area contributed by atoms with Gasteiger partial charge in [-0.3, -0.25) is 0 Å². The molecule has 0 N–H and O–H groups in total. The highest BCUT2D eigenvalue weighted by Gasteiger charge is 2.29. The molecule has 2 heterocycles. The lowest BCUT2D eigenvalue weighted by molar-refractivity contribution is 0.0187. The van der Waals surface area contributed by atoms with Gasteiger partial charge in [0.05, 0.1) is 0 Å². The number of ether oxygens (including phenoxy) is 1. The average Bonchev–Trinajstić information content (AvgIpc) is 2.61. The van der Waals surface area contributed by atoms with E-state index in [1.165, 1.54) is 0 Å². The quantitative estimate of drug-likeness (QED) is 0.678. The van der Waals surface area contributed by atoms with Crippen molar-refractivity contribution in [3.05, 3.63) is 15.0 Å². The van der Waals surface area contributed by atoms with Crippen LogP contribution in [0.1, 0.15) is 45.5 Å². The SMILES string of the molecule is Cc1nc(Br)c(Br)n1C1CCN(C(=O)OC(C)(C)C)CC1. The van der Waals surface area contributed by atoms with Gasteiger partial charge in [0.25, 0.3) is 0 Å². The van der Waals surface area contributed by atoms with Crippen molar-refractivity contribution in [2.24, 2.45) is 0 Å². The summed E-state index contributed by atoms with van der Waals surface area (Å²) in [5.41, 5.74) is -0.442. The Morgan fingerprint density at radius 3 is 2.29 bits per heavy atom. The number of aryl methyl sites for hydroxylation is 1. The molecule has 0 aromatic carbocycles. The number of imidazole rings is 1. The fourth-order valence-corrected chi connectivity index (χ4v) is 3.62. The predicted octanol–water partition coefficient (Wildman–Crippen LogP) is 4.29. The Bertz CT molecular complexity index is 529. The predicted molar refractivity (Wildman–Crippen MR) is 88.4 cm³/mol. The first-order valence-corrected chi connectivity index (χ1v) is 8.65. The summed E-state index contributed by atoms with van der Waals surface area (Å²) in [6.45, 7) is 9.09. The number of carbonyl (C=O) groups is 1. The molecular formula is C14H21Br2N3O2. The van der Waals surface area contributed by atoms with Crippen LogP contribution in [0.4, 0.5) is 4.79 Å². The van der Waals surface area contributed by atoms with Gasteiger partial charge < -0.3 is 14.2 Å². The van der Waals surface area contributed by atoms with E-state index in [-0.39, 0.29) is 6.09 Å². The first-order valence-electron chi connectivity index (χ1n) is 7.07. The van der Waals surface area contributed by atoms with E-state index >= 15 is 0 Å². The molecule has 1 fully saturated rings. The smallest absolute Gasteiger partial charge is 0.410 e. The van der Waals surface area contributed by atoms with E-state index in [4.69, 9.17) is 4.74 Å². The number of rotatable bonds is 1. The molecule has 21 heavy (non-hydrogen) atoms. The van der Waals surface area contributed by atoms with Crippen LogP contribution in [-0.2, 0) is 4.74 Å². The molecule has 0 radical (unpaired) electrons. The van der Waals surface area contributed by atoms with Crippen LogP contribution in [0.2, 0.25) is 0 Å². The topological polar surface area (TPSA) is 47.4 Å². The highest BCUT2D eigenvalue weighted by Crippen LogP contribution is 2.32. The van der Waals surface area contributed by atoms with E-state index in [1.54, 1.807) is 4.90 Å². The number of likely N-dealkylation sites (tertiary alicyclic amines) is 1. The first kappa shape index (κ1) is 16.8. The van der Waals surface area contributed by atoms with Gasteiger partial charge in [-0.15, -0.1) is 0 Å². The maximum Gasteiger partial charge on any atom is 0.410 e. The normalized spacial score (nSPS) is 17.1. The van der Waals surface area contributed by atoms with Crippen molar-refractivity contribution in [1.29, 1.82) is 0 Å². The zero-order valence-electron chi connectivity index (χ0n) is 12.8. The molecule has 7 heteroatoms. The molecule has 0 aliphatic carbocycles. The zero-order valence-corrected chi connectivity index (χ0v) is 16.0. The van der Waals surface area contributed by atoms with Crippen LogP contribution in [0.25, 0.3) is 0 Å². The average molecular weight is 423 g/mol. The molecule has 0 saturated carbocycles. The number of piperidine rings is 1. The molecule has 118 valence electrons. The number of halogens is 2. The Morgan fingerprint density at radius 1 is 1.29 bits per heavy atom. The summed E-state index contributed by atoms with van der Waals surface area (Å²) in [5, 5.41) is 0. The van der Waals surface area contributed by atoms with E-state index in [2.05, 4.69) is 41.4 Å². The van der Waals surface area contributed by atoms with E-state index in [9.17, 15) is 4.79 Å². The van der Waals surface area contributed by atoms with Crippen LogP contribution in [-0.4, -0.2) is 39.2 Å². The molecule has 1 aromatic heterocycles. The molecule has 1 aromatic rings. The van der Waals surface area contributed by atoms with E-state index < -0.39 is 5.60 Å². The van der Waals surface area contributed by atoms with Crippen molar-refractivity contribution in [3.63, 3.8) is 0 Å². The standard InChI is InChI=1S/C14H21Br2N3O2/c1-9-17-11(15)12(16)19(9)10-5-7-18(8-6-10)13(20)21-14(2,3)4/h10H,5-8H2,1-4H3. The monoisotopic (exact) mass is 421 g/mol. The highest BCUT2D eigenvalue weighted by atomic mass is 79.9. The second-order valence-electron chi connectivity index (χ2n) is 6.31. The summed E-state index contributed by atoms with van der Waals surface area (Å²) in [7, 11) is 0. The second kappa shape index (κ2) is 6.28. The summed E-state index contributed by atoms with van der Waals surface area (Å²) in [4.78, 5) is 18.3. The number of hydrogen-bond donors (Lipinski definition) is 0. The molecular weight excluding hydrogens is 402 g/mol. The summed E-state index contributed by atoms with van der Waals surface area (Å²) < 4.78 is 9.41. The van der Waals surface area contributed by atoms with Crippen LogP contribution in [0, 0.1) is 6.92 Å². The van der Waals surface area contributed by atoms with Crippen molar-refractivity contribution < 1.29 is 9.53 Å². The number of amides is 1. The zero-order chi connectivity index (χ0) is 15.8. The maximum absolute atomic E-state index is 12.1. The lowest BCUT2D eigenvalue weighted by Crippen LogP contribution is -2.42. The Labute approximate surface area is 142 Å². The Balaban J connectivity index is 1.99. The first-order chi connectivity index (χ1) is 9.69. The fraction of sp³-hybridized carbons (Fsp3) is 0.714. The third-order valence-electron chi connectivity index (χ3n) is 3.47. The van der Waals surface area contributed by atoms with Crippen molar-refractivity contribution in [2.75, 3.05) is 13.1 Å². The summed E-state index contributed by atoms with van der Waals surface area (Å²) in [5.74, 6) is 0.976. The molecule has 1 amide bonds. The highest BCUT2D eigenvalue weighted by molar-refractivity contribution is 9.13. The molecule has 2 rings (SSSR count).